The summed E-state index contributed by atoms with van der Waals surface area (Å²) in [7, 11) is 0. The molecule has 0 bridgehead atoms. The van der Waals surface area contributed by atoms with Crippen molar-refractivity contribution >= 4 is 15.9 Å². The van der Waals surface area contributed by atoms with Crippen LogP contribution < -0.4 is 5.56 Å². The number of pyridine rings is 1. The van der Waals surface area contributed by atoms with E-state index < -0.39 is 0 Å². The van der Waals surface area contributed by atoms with E-state index >= 15 is 0 Å². The van der Waals surface area contributed by atoms with E-state index in [0.717, 1.165) is 17.3 Å². The predicted molar refractivity (Wildman–Crippen MR) is 54.7 cm³/mol. The molecule has 1 heterocycles. The zero-order valence-corrected chi connectivity index (χ0v) is 8.83. The normalized spacial score (nSPS) is 10.3. The lowest BCUT2D eigenvalue weighted by Crippen LogP contribution is -2.18. The lowest BCUT2D eigenvalue weighted by molar-refractivity contribution is 0.281. The summed E-state index contributed by atoms with van der Waals surface area (Å²) in [6, 6.07) is 3.26. The monoisotopic (exact) mass is 245 g/mol. The van der Waals surface area contributed by atoms with Gasteiger partial charge in [0.1, 0.15) is 0 Å². The van der Waals surface area contributed by atoms with Crippen LogP contribution in [0.25, 0.3) is 0 Å². The fourth-order valence-corrected chi connectivity index (χ4v) is 1.45. The average Bonchev–Trinajstić information content (AvgIpc) is 2.11. The molecule has 1 aromatic rings. The van der Waals surface area contributed by atoms with Crippen LogP contribution in [0.4, 0.5) is 0 Å². The lowest BCUT2D eigenvalue weighted by Gasteiger charge is -2.04. The highest BCUT2D eigenvalue weighted by Gasteiger charge is 1.95. The van der Waals surface area contributed by atoms with Crippen LogP contribution in [-0.4, -0.2) is 16.3 Å². The third-order valence-corrected chi connectivity index (χ3v) is 2.22. The van der Waals surface area contributed by atoms with E-state index in [2.05, 4.69) is 15.9 Å². The molecule has 0 spiro atoms. The molecule has 0 amide bonds. The second-order valence-electron chi connectivity index (χ2n) is 2.81. The lowest BCUT2D eigenvalue weighted by atomic mass is 10.3. The van der Waals surface area contributed by atoms with Gasteiger partial charge in [-0.3, -0.25) is 4.79 Å². The maximum atomic E-state index is 11.2. The zero-order chi connectivity index (χ0) is 9.68. The zero-order valence-electron chi connectivity index (χ0n) is 7.24. The number of hydrogen-bond acceptors (Lipinski definition) is 2. The molecule has 13 heavy (non-hydrogen) atoms. The number of aryl methyl sites for hydroxylation is 1. The van der Waals surface area contributed by atoms with Gasteiger partial charge in [0.15, 0.2) is 0 Å². The van der Waals surface area contributed by atoms with E-state index in [9.17, 15) is 4.79 Å². The van der Waals surface area contributed by atoms with Crippen LogP contribution in [0.3, 0.4) is 0 Å². The van der Waals surface area contributed by atoms with Gasteiger partial charge < -0.3 is 9.67 Å². The number of aromatic nitrogens is 1. The molecule has 1 aromatic heterocycles. The summed E-state index contributed by atoms with van der Waals surface area (Å²) in [5.74, 6) is 0. The van der Waals surface area contributed by atoms with Crippen molar-refractivity contribution in [2.24, 2.45) is 0 Å². The molecule has 0 aliphatic rings. The topological polar surface area (TPSA) is 42.2 Å². The van der Waals surface area contributed by atoms with Crippen molar-refractivity contribution in [3.8, 4) is 0 Å². The Morgan fingerprint density at radius 2 is 2.15 bits per heavy atom. The summed E-state index contributed by atoms with van der Waals surface area (Å²) in [5, 5.41) is 8.57. The highest BCUT2D eigenvalue weighted by atomic mass is 79.9. The van der Waals surface area contributed by atoms with Crippen molar-refractivity contribution in [2.45, 2.75) is 19.4 Å². The molecule has 0 saturated heterocycles. The maximum Gasteiger partial charge on any atom is 0.250 e. The van der Waals surface area contributed by atoms with E-state index in [1.807, 2.05) is 0 Å². The third-order valence-electron chi connectivity index (χ3n) is 1.75. The molecule has 0 fully saturated rings. The van der Waals surface area contributed by atoms with E-state index in [4.69, 9.17) is 5.11 Å². The van der Waals surface area contributed by atoms with Gasteiger partial charge >= 0.3 is 0 Å². The highest BCUT2D eigenvalue weighted by Crippen LogP contribution is 2.05. The fraction of sp³-hybridized carbons (Fsp3) is 0.444. The molecule has 3 nitrogen and oxygen atoms in total. The molecule has 1 rings (SSSR count). The summed E-state index contributed by atoms with van der Waals surface area (Å²) in [5.41, 5.74) is 0.00106. The van der Waals surface area contributed by atoms with Gasteiger partial charge in [-0.1, -0.05) is 0 Å². The van der Waals surface area contributed by atoms with Gasteiger partial charge in [-0.2, -0.15) is 0 Å². The number of hydrogen-bond donors (Lipinski definition) is 1. The first kappa shape index (κ1) is 10.5. The number of halogens is 1. The molecule has 1 N–H and O–H groups in total. The van der Waals surface area contributed by atoms with Gasteiger partial charge in [0, 0.05) is 29.9 Å². The van der Waals surface area contributed by atoms with Gasteiger partial charge in [-0.05, 0) is 34.8 Å². The highest BCUT2D eigenvalue weighted by molar-refractivity contribution is 9.10. The standard InChI is InChI=1S/C9H12BrNO2/c10-8-3-4-9(13)11(7-8)5-1-2-6-12/h3-4,7,12H,1-2,5-6H2. The summed E-state index contributed by atoms with van der Waals surface area (Å²) in [6.45, 7) is 0.849. The minimum absolute atomic E-state index is 0.00106. The fourth-order valence-electron chi connectivity index (χ4n) is 1.07. The molecule has 4 heteroatoms. The summed E-state index contributed by atoms with van der Waals surface area (Å²) >= 11 is 3.30. The number of aliphatic hydroxyl groups is 1. The van der Waals surface area contributed by atoms with Crippen molar-refractivity contribution in [3.63, 3.8) is 0 Å². The first-order chi connectivity index (χ1) is 6.24. The van der Waals surface area contributed by atoms with Gasteiger partial charge in [0.25, 0.3) is 5.56 Å². The molecular formula is C9H12BrNO2. The van der Waals surface area contributed by atoms with E-state index in [0.29, 0.717) is 6.54 Å². The second kappa shape index (κ2) is 5.19. The molecule has 0 radical (unpaired) electrons. The van der Waals surface area contributed by atoms with Gasteiger partial charge in [-0.25, -0.2) is 0 Å². The quantitative estimate of drug-likeness (QED) is 0.815. The molecule has 72 valence electrons. The minimum atomic E-state index is 0.00106. The van der Waals surface area contributed by atoms with Crippen LogP contribution in [-0.2, 0) is 6.54 Å². The molecule has 0 aliphatic heterocycles. The predicted octanol–water partition coefficient (Wildman–Crippen LogP) is 1.38. The largest absolute Gasteiger partial charge is 0.396 e. The Morgan fingerprint density at radius 3 is 2.85 bits per heavy atom. The van der Waals surface area contributed by atoms with E-state index in [1.54, 1.807) is 16.8 Å². The molecule has 0 unspecified atom stereocenters. The van der Waals surface area contributed by atoms with Gasteiger partial charge in [0.2, 0.25) is 0 Å². The van der Waals surface area contributed by atoms with Gasteiger partial charge in [0.05, 0.1) is 0 Å². The maximum absolute atomic E-state index is 11.2. The number of rotatable bonds is 4. The van der Waals surface area contributed by atoms with Gasteiger partial charge in [-0.15, -0.1) is 0 Å². The minimum Gasteiger partial charge on any atom is -0.396 e. The van der Waals surface area contributed by atoms with Crippen molar-refractivity contribution in [1.82, 2.24) is 4.57 Å². The van der Waals surface area contributed by atoms with Crippen LogP contribution in [0.15, 0.2) is 27.6 Å². The Bertz CT molecular complexity index is 322. The van der Waals surface area contributed by atoms with Crippen LogP contribution in [0.1, 0.15) is 12.8 Å². The Labute approximate surface area is 85.1 Å². The van der Waals surface area contributed by atoms with E-state index in [-0.39, 0.29) is 12.2 Å². The number of unbranched alkanes of at least 4 members (excludes halogenated alkanes) is 1. The summed E-state index contributed by atoms with van der Waals surface area (Å²) in [4.78, 5) is 11.2. The van der Waals surface area contributed by atoms with E-state index in [1.165, 1.54) is 6.07 Å². The molecule has 0 saturated carbocycles. The first-order valence-corrected chi connectivity index (χ1v) is 5.00. The van der Waals surface area contributed by atoms with Crippen LogP contribution in [0.5, 0.6) is 0 Å². The SMILES string of the molecule is O=c1ccc(Br)cn1CCCCO. The molecule has 0 atom stereocenters. The number of nitrogens with zero attached hydrogens (tertiary/aromatic N) is 1. The molecule has 0 aromatic carbocycles. The van der Waals surface area contributed by atoms with Crippen molar-refractivity contribution < 1.29 is 5.11 Å². The molecule has 0 aliphatic carbocycles. The molecular weight excluding hydrogens is 234 g/mol. The average molecular weight is 246 g/mol. The second-order valence-corrected chi connectivity index (χ2v) is 3.73. The van der Waals surface area contributed by atoms with Crippen LogP contribution in [0.2, 0.25) is 0 Å². The Morgan fingerprint density at radius 1 is 1.38 bits per heavy atom. The van der Waals surface area contributed by atoms with Crippen LogP contribution >= 0.6 is 15.9 Å². The Balaban J connectivity index is 2.65. The number of aliphatic hydroxyl groups excluding tert-OH is 1. The third kappa shape index (κ3) is 3.32. The Kier molecular flexibility index (Phi) is 4.18. The van der Waals surface area contributed by atoms with Crippen LogP contribution in [0, 0.1) is 0 Å². The Hall–Kier alpha value is -0.610. The first-order valence-electron chi connectivity index (χ1n) is 4.21. The van der Waals surface area contributed by atoms with Crippen molar-refractivity contribution in [3.05, 3.63) is 33.2 Å². The van der Waals surface area contributed by atoms with Crippen molar-refractivity contribution in [1.29, 1.82) is 0 Å². The smallest absolute Gasteiger partial charge is 0.250 e. The van der Waals surface area contributed by atoms with Crippen molar-refractivity contribution in [2.75, 3.05) is 6.61 Å². The summed E-state index contributed by atoms with van der Waals surface area (Å²) < 4.78 is 2.54. The summed E-state index contributed by atoms with van der Waals surface area (Å²) in [6.07, 6.45) is 3.32.